The average molecular weight is 1130 g/mol. The van der Waals surface area contributed by atoms with Crippen LogP contribution in [0, 0.1) is 96.9 Å². The van der Waals surface area contributed by atoms with Crippen LogP contribution in [0.25, 0.3) is 66.6 Å². The van der Waals surface area contributed by atoms with E-state index in [-0.39, 0.29) is 10.8 Å². The summed E-state index contributed by atoms with van der Waals surface area (Å²) in [6, 6.07) is 57.4. The minimum absolute atomic E-state index is 0.0125. The normalized spacial score (nSPS) is 13.9. The predicted octanol–water partition coefficient (Wildman–Crippen LogP) is 21.9. The van der Waals surface area contributed by atoms with Crippen molar-refractivity contribution >= 4 is 21.8 Å². The SMILES string of the molecule is Cc1c(C)c(C)c2c(c1C)Cc1ccccc1-2.Cc1c(C)c(C)c2c3c([nH]c2c1C)-c1[nH]c2ccccc2c1C3(C)C.Cc1cc2c(c(C)c1C)-c1ccccc1C21c2ccccc2-c2ccccc21.Cc1cc2c(c(C)c1C)Cc1ccccc1O2. The molecule has 3 heterocycles. The molecule has 87 heavy (non-hydrogen) atoms. The second-order valence-corrected chi connectivity index (χ2v) is 26.4. The van der Waals surface area contributed by atoms with E-state index in [4.69, 9.17) is 4.74 Å². The van der Waals surface area contributed by atoms with E-state index < -0.39 is 0 Å². The van der Waals surface area contributed by atoms with Gasteiger partial charge in [0.25, 0.3) is 0 Å². The molecule has 432 valence electrons. The Balaban J connectivity index is 0.000000105. The summed E-state index contributed by atoms with van der Waals surface area (Å²) in [5.74, 6) is 2.03. The Kier molecular flexibility index (Phi) is 13.1. The molecule has 0 bridgehead atoms. The number of benzene rings is 10. The summed E-state index contributed by atoms with van der Waals surface area (Å²) < 4.78 is 5.99. The maximum absolute atomic E-state index is 5.99. The predicted molar refractivity (Wildman–Crippen MR) is 367 cm³/mol. The number of fused-ring (bicyclic) bond motifs is 22. The highest BCUT2D eigenvalue weighted by atomic mass is 16.5. The zero-order valence-corrected chi connectivity index (χ0v) is 53.8. The van der Waals surface area contributed by atoms with Gasteiger partial charge in [0.2, 0.25) is 0 Å². The minimum atomic E-state index is -0.206. The number of nitrogens with one attached hydrogen (secondary N) is 2. The molecule has 2 N–H and O–H groups in total. The van der Waals surface area contributed by atoms with E-state index in [1.54, 1.807) is 5.56 Å². The Morgan fingerprint density at radius 3 is 1.53 bits per heavy atom. The molecule has 0 radical (unpaired) electrons. The fourth-order valence-electron chi connectivity index (χ4n) is 16.3. The number of H-pyrrole nitrogens is 2. The van der Waals surface area contributed by atoms with Crippen LogP contribution in [0.5, 0.6) is 11.5 Å². The van der Waals surface area contributed by atoms with Crippen LogP contribution in [0.1, 0.15) is 147 Å². The van der Waals surface area contributed by atoms with Gasteiger partial charge in [0, 0.05) is 39.2 Å². The minimum Gasteiger partial charge on any atom is -0.457 e. The molecule has 1 spiro atoms. The van der Waals surface area contributed by atoms with Gasteiger partial charge in [-0.2, -0.15) is 0 Å². The molecule has 4 aliphatic carbocycles. The second kappa shape index (κ2) is 20.3. The first kappa shape index (κ1) is 55.9. The lowest BCUT2D eigenvalue weighted by Crippen LogP contribution is -2.26. The lowest BCUT2D eigenvalue weighted by molar-refractivity contribution is 0.458. The Labute approximate surface area is 515 Å². The first-order chi connectivity index (χ1) is 41.8. The zero-order valence-electron chi connectivity index (χ0n) is 53.8. The molecule has 17 rings (SSSR count). The fraction of sp³-hybridized carbons (Fsp3) is 0.238. The van der Waals surface area contributed by atoms with Crippen molar-refractivity contribution < 1.29 is 4.74 Å². The molecule has 12 aromatic rings. The Morgan fingerprint density at radius 1 is 0.356 bits per heavy atom. The molecule has 5 aliphatic rings. The summed E-state index contributed by atoms with van der Waals surface area (Å²) in [6.45, 7) is 36.1. The van der Waals surface area contributed by atoms with E-state index in [1.807, 2.05) is 12.1 Å². The van der Waals surface area contributed by atoms with Crippen LogP contribution in [0.2, 0.25) is 0 Å². The van der Waals surface area contributed by atoms with Crippen LogP contribution in [0.3, 0.4) is 0 Å². The second-order valence-electron chi connectivity index (χ2n) is 26.4. The summed E-state index contributed by atoms with van der Waals surface area (Å²) in [5.41, 5.74) is 47.4. The number of hydrogen-bond acceptors (Lipinski definition) is 1. The molecule has 10 aromatic carbocycles. The van der Waals surface area contributed by atoms with E-state index in [0.29, 0.717) is 0 Å². The van der Waals surface area contributed by atoms with Gasteiger partial charge in [-0.3, -0.25) is 0 Å². The van der Waals surface area contributed by atoms with Crippen molar-refractivity contribution in [2.24, 2.45) is 0 Å². The smallest absolute Gasteiger partial charge is 0.131 e. The largest absolute Gasteiger partial charge is 0.457 e. The van der Waals surface area contributed by atoms with E-state index in [0.717, 1.165) is 24.3 Å². The number of aromatic nitrogens is 2. The average Bonchev–Trinajstić information content (AvgIpc) is 1.52. The molecule has 0 saturated heterocycles. The molecule has 0 fully saturated rings. The standard InChI is InChI=1S/C28H22.C23H24N2.C17H18.C16H16O/c1-17-16-26-27(19(3)18(17)2)22-12-6-9-15-25(22)28(26)23-13-7-4-10-20(23)21-11-5-8-14-24(21)28;1-11-12(2)14(4)20-17(13(11)3)19-22(25-20)21-18(23(19,5)6)15-9-7-8-10-16(15)24-21;1-10-11(2)13(4)17-15-8-6-5-7-14(15)9-16(17)12(10)3;1-10-8-16-14(12(3)11(10)2)9-13-6-4-5-7-15(13)17-16/h4-16H,1-3H3;7-10,24-25H,1-6H3;5-8H,9H2,1-4H3;4-8H,9H2,1-3H3. The number of rotatable bonds is 0. The highest BCUT2D eigenvalue weighted by Gasteiger charge is 2.52. The molecular formula is C84H80N2O. The van der Waals surface area contributed by atoms with Crippen LogP contribution < -0.4 is 4.74 Å². The molecule has 0 atom stereocenters. The van der Waals surface area contributed by atoms with Crippen LogP contribution in [0.15, 0.2) is 158 Å². The van der Waals surface area contributed by atoms with Gasteiger partial charge >= 0.3 is 0 Å². The summed E-state index contributed by atoms with van der Waals surface area (Å²) in [5, 5.41) is 2.77. The van der Waals surface area contributed by atoms with Crippen molar-refractivity contribution in [1.29, 1.82) is 0 Å². The van der Waals surface area contributed by atoms with Crippen molar-refractivity contribution in [2.45, 2.75) is 134 Å². The van der Waals surface area contributed by atoms with Gasteiger partial charge in [-0.15, -0.1) is 0 Å². The lowest BCUT2D eigenvalue weighted by atomic mass is 9.70. The van der Waals surface area contributed by atoms with Gasteiger partial charge in [-0.05, 0) is 283 Å². The van der Waals surface area contributed by atoms with Gasteiger partial charge in [0.15, 0.2) is 0 Å². The van der Waals surface area contributed by atoms with E-state index in [9.17, 15) is 0 Å². The van der Waals surface area contributed by atoms with Crippen molar-refractivity contribution in [1.82, 2.24) is 9.97 Å². The van der Waals surface area contributed by atoms with Gasteiger partial charge in [0.05, 0.1) is 16.8 Å². The van der Waals surface area contributed by atoms with Gasteiger partial charge in [-0.1, -0.05) is 153 Å². The molecule has 2 aromatic heterocycles. The molecule has 3 heteroatoms. The first-order valence-electron chi connectivity index (χ1n) is 31.4. The zero-order chi connectivity index (χ0) is 60.9. The lowest BCUT2D eigenvalue weighted by Gasteiger charge is -2.31. The number of para-hydroxylation sites is 2. The van der Waals surface area contributed by atoms with Crippen LogP contribution in [-0.4, -0.2) is 9.97 Å². The number of hydrogen-bond donors (Lipinski definition) is 2. The third-order valence-corrected chi connectivity index (χ3v) is 22.0. The Morgan fingerprint density at radius 2 is 0.839 bits per heavy atom. The number of ether oxygens (including phenoxy) is 1. The third kappa shape index (κ3) is 8.00. The first-order valence-corrected chi connectivity index (χ1v) is 31.4. The van der Waals surface area contributed by atoms with Gasteiger partial charge < -0.3 is 14.7 Å². The maximum Gasteiger partial charge on any atom is 0.131 e. The highest BCUT2D eigenvalue weighted by Crippen LogP contribution is 2.64. The molecule has 1 aliphatic heterocycles. The molecule has 0 unspecified atom stereocenters. The Bertz CT molecular complexity index is 4860. The van der Waals surface area contributed by atoms with Crippen LogP contribution >= 0.6 is 0 Å². The van der Waals surface area contributed by atoms with Crippen molar-refractivity contribution in [2.75, 3.05) is 0 Å². The monoisotopic (exact) mass is 1130 g/mol. The summed E-state index contributed by atoms with van der Waals surface area (Å²) in [4.78, 5) is 7.48. The highest BCUT2D eigenvalue weighted by molar-refractivity contribution is 6.05. The number of aryl methyl sites for hydroxylation is 4. The molecule has 0 amide bonds. The van der Waals surface area contributed by atoms with E-state index in [2.05, 4.69) is 266 Å². The summed E-state index contributed by atoms with van der Waals surface area (Å²) >= 11 is 0. The Hall–Kier alpha value is -8.92. The van der Waals surface area contributed by atoms with Crippen molar-refractivity contribution in [3.63, 3.8) is 0 Å². The van der Waals surface area contributed by atoms with Crippen LogP contribution in [0.4, 0.5) is 0 Å². The van der Waals surface area contributed by atoms with Crippen molar-refractivity contribution in [3.8, 4) is 56.3 Å². The molecule has 3 nitrogen and oxygen atoms in total. The summed E-state index contributed by atoms with van der Waals surface area (Å²) in [7, 11) is 0. The van der Waals surface area contributed by atoms with Crippen LogP contribution in [-0.2, 0) is 23.7 Å². The van der Waals surface area contributed by atoms with Crippen molar-refractivity contribution in [3.05, 3.63) is 291 Å². The fourth-order valence-corrected chi connectivity index (χ4v) is 16.3. The summed E-state index contributed by atoms with van der Waals surface area (Å²) in [6.07, 6.45) is 2.09. The molecule has 0 saturated carbocycles. The number of aromatic amines is 2. The molecular weight excluding hydrogens is 1050 g/mol. The topological polar surface area (TPSA) is 40.8 Å². The maximum atomic E-state index is 5.99. The van der Waals surface area contributed by atoms with E-state index in [1.165, 1.54) is 195 Å². The van der Waals surface area contributed by atoms with Gasteiger partial charge in [0.1, 0.15) is 11.5 Å². The van der Waals surface area contributed by atoms with Gasteiger partial charge in [-0.25, -0.2) is 0 Å². The quantitative estimate of drug-likeness (QED) is 0.156. The van der Waals surface area contributed by atoms with E-state index >= 15 is 0 Å². The third-order valence-electron chi connectivity index (χ3n) is 22.0.